The van der Waals surface area contributed by atoms with Crippen LogP contribution in [0.4, 0.5) is 5.69 Å². The molecule has 1 aromatic rings. The molecule has 0 atom stereocenters. The molecular weight excluding hydrogens is 254 g/mol. The molecule has 2 nitrogen and oxygen atoms in total. The molecule has 2 fully saturated rings. The van der Waals surface area contributed by atoms with Crippen LogP contribution in [0.2, 0.25) is 0 Å². The average Bonchev–Trinajstić information content (AvgIpc) is 2.92. The van der Waals surface area contributed by atoms with Crippen LogP contribution in [0.15, 0.2) is 28.7 Å². The van der Waals surface area contributed by atoms with E-state index in [1.54, 1.807) is 0 Å². The van der Waals surface area contributed by atoms with Crippen LogP contribution >= 0.6 is 15.9 Å². The third-order valence-corrected chi connectivity index (χ3v) is 3.97. The van der Waals surface area contributed by atoms with E-state index in [1.165, 1.54) is 12.8 Å². The number of benzene rings is 1. The Bertz CT molecular complexity index is 408. The van der Waals surface area contributed by atoms with E-state index in [4.69, 9.17) is 0 Å². The van der Waals surface area contributed by atoms with Gasteiger partial charge in [0.1, 0.15) is 0 Å². The number of hydrogen-bond acceptors (Lipinski definition) is 1. The molecule has 0 N–H and O–H groups in total. The molecule has 78 valence electrons. The Kier molecular flexibility index (Phi) is 1.93. The third kappa shape index (κ3) is 1.41. The highest BCUT2D eigenvalue weighted by atomic mass is 79.9. The predicted octanol–water partition coefficient (Wildman–Crippen LogP) is 3.11. The molecular formula is C12H12BrNO. The third-order valence-electron chi connectivity index (χ3n) is 3.44. The molecule has 1 aliphatic carbocycles. The Hall–Kier alpha value is -0.830. The second-order valence-electron chi connectivity index (χ2n) is 4.43. The second kappa shape index (κ2) is 3.08. The summed E-state index contributed by atoms with van der Waals surface area (Å²) in [7, 11) is 0. The summed E-state index contributed by atoms with van der Waals surface area (Å²) < 4.78 is 1.06. The number of rotatable bonds is 1. The van der Waals surface area contributed by atoms with Crippen molar-refractivity contribution in [1.82, 2.24) is 0 Å². The largest absolute Gasteiger partial charge is 0.306 e. The zero-order valence-electron chi connectivity index (χ0n) is 8.37. The van der Waals surface area contributed by atoms with Gasteiger partial charge in [-0.25, -0.2) is 0 Å². The molecule has 1 amide bonds. The topological polar surface area (TPSA) is 20.3 Å². The van der Waals surface area contributed by atoms with E-state index >= 15 is 0 Å². The zero-order chi connectivity index (χ0) is 10.5. The Morgan fingerprint density at radius 1 is 1.13 bits per heavy atom. The van der Waals surface area contributed by atoms with Crippen LogP contribution in [0, 0.1) is 0 Å². The molecule has 2 aliphatic rings. The van der Waals surface area contributed by atoms with Gasteiger partial charge in [-0.3, -0.25) is 4.79 Å². The number of carbonyl (C=O) groups is 1. The maximum atomic E-state index is 11.8. The summed E-state index contributed by atoms with van der Waals surface area (Å²) in [6.45, 7) is 0. The molecule has 0 unspecified atom stereocenters. The van der Waals surface area contributed by atoms with Crippen molar-refractivity contribution in [3.05, 3.63) is 28.7 Å². The van der Waals surface area contributed by atoms with Gasteiger partial charge in [-0.15, -0.1) is 0 Å². The van der Waals surface area contributed by atoms with Gasteiger partial charge >= 0.3 is 0 Å². The monoisotopic (exact) mass is 265 g/mol. The summed E-state index contributed by atoms with van der Waals surface area (Å²) >= 11 is 3.41. The lowest BCUT2D eigenvalue weighted by atomic mass is 10.2. The SMILES string of the molecule is O=C1CCC2(CC2)N1c1ccc(Br)cc1. The zero-order valence-corrected chi connectivity index (χ0v) is 9.96. The minimum absolute atomic E-state index is 0.199. The first kappa shape index (κ1) is 9.40. The number of carbonyl (C=O) groups excluding carboxylic acids is 1. The molecule has 1 aromatic carbocycles. The molecule has 1 saturated carbocycles. The van der Waals surface area contributed by atoms with Gasteiger partial charge in [0.2, 0.25) is 5.91 Å². The van der Waals surface area contributed by atoms with E-state index in [0.717, 1.165) is 23.0 Å². The van der Waals surface area contributed by atoms with Gasteiger partial charge in [0.15, 0.2) is 0 Å². The van der Waals surface area contributed by atoms with Gasteiger partial charge in [0, 0.05) is 22.1 Å². The van der Waals surface area contributed by atoms with Crippen molar-refractivity contribution >= 4 is 27.5 Å². The Morgan fingerprint density at radius 3 is 2.40 bits per heavy atom. The van der Waals surface area contributed by atoms with Crippen LogP contribution in [0.5, 0.6) is 0 Å². The van der Waals surface area contributed by atoms with Crippen molar-refractivity contribution in [3.8, 4) is 0 Å². The number of nitrogens with zero attached hydrogens (tertiary/aromatic N) is 1. The van der Waals surface area contributed by atoms with Crippen molar-refractivity contribution in [2.24, 2.45) is 0 Å². The van der Waals surface area contributed by atoms with E-state index in [1.807, 2.05) is 29.2 Å². The van der Waals surface area contributed by atoms with Crippen LogP contribution in [0.3, 0.4) is 0 Å². The van der Waals surface area contributed by atoms with Crippen molar-refractivity contribution in [1.29, 1.82) is 0 Å². The van der Waals surface area contributed by atoms with Gasteiger partial charge in [0.05, 0.1) is 0 Å². The van der Waals surface area contributed by atoms with Crippen molar-refractivity contribution in [2.75, 3.05) is 4.90 Å². The molecule has 1 saturated heterocycles. The first-order chi connectivity index (χ1) is 7.21. The molecule has 3 rings (SSSR count). The Morgan fingerprint density at radius 2 is 1.80 bits per heavy atom. The summed E-state index contributed by atoms with van der Waals surface area (Å²) in [6.07, 6.45) is 4.11. The average molecular weight is 266 g/mol. The van der Waals surface area contributed by atoms with Crippen molar-refractivity contribution < 1.29 is 4.79 Å². The lowest BCUT2D eigenvalue weighted by Crippen LogP contribution is -2.34. The van der Waals surface area contributed by atoms with E-state index in [2.05, 4.69) is 15.9 Å². The second-order valence-corrected chi connectivity index (χ2v) is 5.35. The first-order valence-electron chi connectivity index (χ1n) is 5.30. The predicted molar refractivity (Wildman–Crippen MR) is 62.8 cm³/mol. The maximum Gasteiger partial charge on any atom is 0.227 e. The minimum Gasteiger partial charge on any atom is -0.306 e. The Labute approximate surface area is 97.4 Å². The van der Waals surface area contributed by atoms with E-state index in [9.17, 15) is 4.79 Å². The minimum atomic E-state index is 0.199. The number of amides is 1. The summed E-state index contributed by atoms with van der Waals surface area (Å²) in [5, 5.41) is 0. The molecule has 0 radical (unpaired) electrons. The normalized spacial score (nSPS) is 22.5. The molecule has 15 heavy (non-hydrogen) atoms. The van der Waals surface area contributed by atoms with Crippen LogP contribution in [0.1, 0.15) is 25.7 Å². The van der Waals surface area contributed by atoms with Gasteiger partial charge < -0.3 is 4.90 Å². The highest BCUT2D eigenvalue weighted by Gasteiger charge is 2.54. The van der Waals surface area contributed by atoms with E-state index in [0.29, 0.717) is 0 Å². The quantitative estimate of drug-likeness (QED) is 0.764. The number of halogens is 1. The number of hydrogen-bond donors (Lipinski definition) is 0. The molecule has 1 spiro atoms. The van der Waals surface area contributed by atoms with Crippen LogP contribution in [-0.4, -0.2) is 11.4 Å². The molecule has 0 bridgehead atoms. The van der Waals surface area contributed by atoms with Crippen LogP contribution in [0.25, 0.3) is 0 Å². The first-order valence-corrected chi connectivity index (χ1v) is 6.09. The summed E-state index contributed by atoms with van der Waals surface area (Å²) in [5.41, 5.74) is 1.25. The van der Waals surface area contributed by atoms with E-state index < -0.39 is 0 Å². The van der Waals surface area contributed by atoms with Gasteiger partial charge in [-0.05, 0) is 43.5 Å². The smallest absolute Gasteiger partial charge is 0.227 e. The summed E-state index contributed by atoms with van der Waals surface area (Å²) in [5.74, 6) is 0.287. The lowest BCUT2D eigenvalue weighted by molar-refractivity contribution is -0.117. The van der Waals surface area contributed by atoms with E-state index in [-0.39, 0.29) is 11.4 Å². The highest BCUT2D eigenvalue weighted by Crippen LogP contribution is 2.51. The Balaban J connectivity index is 1.98. The van der Waals surface area contributed by atoms with Crippen LogP contribution < -0.4 is 4.90 Å². The van der Waals surface area contributed by atoms with Gasteiger partial charge in [-0.2, -0.15) is 0 Å². The van der Waals surface area contributed by atoms with Crippen LogP contribution in [-0.2, 0) is 4.79 Å². The molecule has 3 heteroatoms. The maximum absolute atomic E-state index is 11.8. The fourth-order valence-corrected chi connectivity index (χ4v) is 2.72. The fraction of sp³-hybridized carbons (Fsp3) is 0.417. The summed E-state index contributed by atoms with van der Waals surface area (Å²) in [6, 6.07) is 8.04. The van der Waals surface area contributed by atoms with Gasteiger partial charge in [-0.1, -0.05) is 15.9 Å². The molecule has 1 aliphatic heterocycles. The summed E-state index contributed by atoms with van der Waals surface area (Å²) in [4.78, 5) is 13.8. The van der Waals surface area contributed by atoms with Gasteiger partial charge in [0.25, 0.3) is 0 Å². The fourth-order valence-electron chi connectivity index (χ4n) is 2.45. The lowest BCUT2D eigenvalue weighted by Gasteiger charge is -2.24. The molecule has 0 aromatic heterocycles. The van der Waals surface area contributed by atoms with Crippen molar-refractivity contribution in [2.45, 2.75) is 31.2 Å². The van der Waals surface area contributed by atoms with Crippen molar-refractivity contribution in [3.63, 3.8) is 0 Å². The number of anilines is 1. The molecule has 1 heterocycles. The standard InChI is InChI=1S/C12H12BrNO/c13-9-1-3-10(4-2-9)14-11(15)5-6-12(14)7-8-12/h1-4H,5-8H2. The highest BCUT2D eigenvalue weighted by molar-refractivity contribution is 9.10.